The molecule has 0 unspecified atom stereocenters. The highest BCUT2D eigenvalue weighted by Crippen LogP contribution is 2.37. The molecule has 0 spiro atoms. The third-order valence-corrected chi connectivity index (χ3v) is 2.82. The molecular formula is C12H17N3O2. The fraction of sp³-hybridized carbons (Fsp3) is 0.417. The molecule has 5 heteroatoms. The highest BCUT2D eigenvalue weighted by atomic mass is 16.5. The highest BCUT2D eigenvalue weighted by molar-refractivity contribution is 5.97. The van der Waals surface area contributed by atoms with Crippen molar-refractivity contribution in [1.29, 1.82) is 0 Å². The summed E-state index contributed by atoms with van der Waals surface area (Å²) in [6.07, 6.45) is 0.470. The lowest BCUT2D eigenvalue weighted by molar-refractivity contribution is -0.115. The third kappa shape index (κ3) is 2.34. The number of ether oxygens (including phenoxy) is 1. The van der Waals surface area contributed by atoms with E-state index in [9.17, 15) is 4.79 Å². The zero-order valence-electron chi connectivity index (χ0n) is 9.90. The Morgan fingerprint density at radius 3 is 3.06 bits per heavy atom. The zero-order chi connectivity index (χ0) is 12.3. The van der Waals surface area contributed by atoms with Crippen molar-refractivity contribution in [2.24, 2.45) is 5.73 Å². The molecular weight excluding hydrogens is 218 g/mol. The predicted octanol–water partition coefficient (Wildman–Crippen LogP) is 0.802. The van der Waals surface area contributed by atoms with Crippen LogP contribution in [0.2, 0.25) is 0 Å². The topological polar surface area (TPSA) is 67.6 Å². The summed E-state index contributed by atoms with van der Waals surface area (Å²) in [7, 11) is 1.63. The molecule has 0 radical (unpaired) electrons. The first kappa shape index (κ1) is 11.7. The van der Waals surface area contributed by atoms with Crippen LogP contribution in [-0.4, -0.2) is 32.7 Å². The number of nitrogens with zero attached hydrogens (tertiary/aromatic N) is 1. The van der Waals surface area contributed by atoms with E-state index in [0.29, 0.717) is 26.1 Å². The summed E-state index contributed by atoms with van der Waals surface area (Å²) in [5, 5.41) is 2.88. The fourth-order valence-electron chi connectivity index (χ4n) is 2.05. The average molecular weight is 235 g/mol. The zero-order valence-corrected chi connectivity index (χ0v) is 9.90. The van der Waals surface area contributed by atoms with Gasteiger partial charge >= 0.3 is 0 Å². The number of hydrogen-bond acceptors (Lipinski definition) is 4. The summed E-state index contributed by atoms with van der Waals surface area (Å²) in [5.41, 5.74) is 7.32. The fourth-order valence-corrected chi connectivity index (χ4v) is 2.05. The van der Waals surface area contributed by atoms with Gasteiger partial charge in [0, 0.05) is 26.1 Å². The molecule has 0 saturated carbocycles. The normalized spacial score (nSPS) is 14.9. The van der Waals surface area contributed by atoms with Crippen LogP contribution in [0.25, 0.3) is 0 Å². The first-order chi connectivity index (χ1) is 8.26. The minimum Gasteiger partial charge on any atom is -0.495 e. The van der Waals surface area contributed by atoms with Crippen molar-refractivity contribution in [2.45, 2.75) is 6.42 Å². The summed E-state index contributed by atoms with van der Waals surface area (Å²) < 4.78 is 5.35. The Morgan fingerprint density at radius 2 is 2.35 bits per heavy atom. The van der Waals surface area contributed by atoms with E-state index in [1.165, 1.54) is 0 Å². The molecule has 1 aromatic carbocycles. The number of anilines is 2. The number of carbonyl (C=O) groups is 1. The second kappa shape index (κ2) is 5.05. The monoisotopic (exact) mass is 235 g/mol. The molecule has 0 bridgehead atoms. The van der Waals surface area contributed by atoms with Crippen LogP contribution in [0.3, 0.4) is 0 Å². The minimum absolute atomic E-state index is 0.0269. The van der Waals surface area contributed by atoms with Gasteiger partial charge in [-0.25, -0.2) is 0 Å². The Hall–Kier alpha value is -1.75. The number of nitrogens with one attached hydrogen (secondary N) is 1. The molecule has 1 amide bonds. The van der Waals surface area contributed by atoms with Gasteiger partial charge in [0.2, 0.25) is 5.91 Å². The first-order valence-electron chi connectivity index (χ1n) is 5.68. The standard InChI is InChI=1S/C12H17N3O2/c1-17-10-4-2-3-9-12(10)15(8-6-13)7-5-11(16)14-9/h2-4H,5-8,13H2,1H3,(H,14,16). The van der Waals surface area contributed by atoms with E-state index in [4.69, 9.17) is 10.5 Å². The Bertz CT molecular complexity index is 420. The van der Waals surface area contributed by atoms with Crippen molar-refractivity contribution in [3.05, 3.63) is 18.2 Å². The molecule has 1 aromatic rings. The first-order valence-corrected chi connectivity index (χ1v) is 5.68. The number of benzene rings is 1. The molecule has 1 aliphatic heterocycles. The van der Waals surface area contributed by atoms with Gasteiger partial charge in [-0.15, -0.1) is 0 Å². The van der Waals surface area contributed by atoms with Gasteiger partial charge in [0.05, 0.1) is 12.8 Å². The van der Waals surface area contributed by atoms with Crippen LogP contribution in [0.5, 0.6) is 5.75 Å². The van der Waals surface area contributed by atoms with E-state index >= 15 is 0 Å². The van der Waals surface area contributed by atoms with Gasteiger partial charge in [0.1, 0.15) is 11.4 Å². The van der Waals surface area contributed by atoms with Crippen LogP contribution < -0.4 is 20.7 Å². The quantitative estimate of drug-likeness (QED) is 0.813. The lowest BCUT2D eigenvalue weighted by Gasteiger charge is -2.25. The van der Waals surface area contributed by atoms with E-state index in [1.54, 1.807) is 7.11 Å². The summed E-state index contributed by atoms with van der Waals surface area (Å²) in [6, 6.07) is 5.63. The van der Waals surface area contributed by atoms with Crippen LogP contribution in [0.1, 0.15) is 6.42 Å². The van der Waals surface area contributed by atoms with E-state index < -0.39 is 0 Å². The molecule has 0 aliphatic carbocycles. The SMILES string of the molecule is COc1cccc2c1N(CCN)CCC(=O)N2. The van der Waals surface area contributed by atoms with Crippen molar-refractivity contribution < 1.29 is 9.53 Å². The molecule has 0 atom stereocenters. The number of amides is 1. The summed E-state index contributed by atoms with van der Waals surface area (Å²) in [6.45, 7) is 1.92. The Balaban J connectivity index is 2.45. The Kier molecular flexibility index (Phi) is 3.49. The van der Waals surface area contributed by atoms with Gasteiger partial charge in [-0.1, -0.05) is 6.07 Å². The van der Waals surface area contributed by atoms with Crippen molar-refractivity contribution >= 4 is 17.3 Å². The van der Waals surface area contributed by atoms with Crippen LogP contribution in [-0.2, 0) is 4.79 Å². The lowest BCUT2D eigenvalue weighted by atomic mass is 10.2. The molecule has 3 N–H and O–H groups in total. The molecule has 0 aromatic heterocycles. The van der Waals surface area contributed by atoms with Gasteiger partial charge < -0.3 is 20.7 Å². The number of fused-ring (bicyclic) bond motifs is 1. The van der Waals surface area contributed by atoms with Crippen molar-refractivity contribution in [2.75, 3.05) is 37.0 Å². The van der Waals surface area contributed by atoms with Gasteiger partial charge in [-0.3, -0.25) is 4.79 Å². The molecule has 0 saturated heterocycles. The molecule has 92 valence electrons. The maximum absolute atomic E-state index is 11.6. The second-order valence-corrected chi connectivity index (χ2v) is 3.93. The van der Waals surface area contributed by atoms with Gasteiger partial charge in [0.25, 0.3) is 0 Å². The molecule has 1 aliphatic rings. The third-order valence-electron chi connectivity index (χ3n) is 2.82. The molecule has 2 rings (SSSR count). The van der Waals surface area contributed by atoms with Crippen LogP contribution in [0.15, 0.2) is 18.2 Å². The minimum atomic E-state index is 0.0269. The largest absolute Gasteiger partial charge is 0.495 e. The molecule has 17 heavy (non-hydrogen) atoms. The number of nitrogens with two attached hydrogens (primary N) is 1. The lowest BCUT2D eigenvalue weighted by Crippen LogP contribution is -2.30. The average Bonchev–Trinajstić information content (AvgIpc) is 2.49. The second-order valence-electron chi connectivity index (χ2n) is 3.93. The summed E-state index contributed by atoms with van der Waals surface area (Å²) in [4.78, 5) is 13.7. The summed E-state index contributed by atoms with van der Waals surface area (Å²) in [5.74, 6) is 0.789. The van der Waals surface area contributed by atoms with Crippen LogP contribution >= 0.6 is 0 Å². The number of para-hydroxylation sites is 1. The van der Waals surface area contributed by atoms with E-state index in [2.05, 4.69) is 10.2 Å². The van der Waals surface area contributed by atoms with Crippen molar-refractivity contribution in [3.8, 4) is 5.75 Å². The maximum Gasteiger partial charge on any atom is 0.226 e. The Labute approximate surface area is 101 Å². The smallest absolute Gasteiger partial charge is 0.226 e. The number of rotatable bonds is 3. The van der Waals surface area contributed by atoms with Gasteiger partial charge in [0.15, 0.2) is 0 Å². The van der Waals surface area contributed by atoms with E-state index in [0.717, 1.165) is 17.1 Å². The predicted molar refractivity (Wildman–Crippen MR) is 67.5 cm³/mol. The number of carbonyl (C=O) groups excluding carboxylic acids is 1. The van der Waals surface area contributed by atoms with E-state index in [-0.39, 0.29) is 5.91 Å². The van der Waals surface area contributed by atoms with Crippen LogP contribution in [0.4, 0.5) is 11.4 Å². The van der Waals surface area contributed by atoms with Crippen molar-refractivity contribution in [3.63, 3.8) is 0 Å². The van der Waals surface area contributed by atoms with Gasteiger partial charge in [-0.2, -0.15) is 0 Å². The van der Waals surface area contributed by atoms with Crippen LogP contribution in [0, 0.1) is 0 Å². The van der Waals surface area contributed by atoms with Gasteiger partial charge in [-0.05, 0) is 12.1 Å². The number of methoxy groups -OCH3 is 1. The summed E-state index contributed by atoms with van der Waals surface area (Å²) >= 11 is 0. The molecule has 0 fully saturated rings. The highest BCUT2D eigenvalue weighted by Gasteiger charge is 2.21. The Morgan fingerprint density at radius 1 is 1.53 bits per heavy atom. The molecule has 1 heterocycles. The van der Waals surface area contributed by atoms with Crippen molar-refractivity contribution in [1.82, 2.24) is 0 Å². The maximum atomic E-state index is 11.6. The molecule has 5 nitrogen and oxygen atoms in total. The number of hydrogen-bond donors (Lipinski definition) is 2. The van der Waals surface area contributed by atoms with E-state index in [1.807, 2.05) is 18.2 Å².